The Morgan fingerprint density at radius 3 is 2.04 bits per heavy atom. The van der Waals surface area contributed by atoms with Crippen molar-refractivity contribution < 1.29 is 34.1 Å². The number of hydrogen-bond donors (Lipinski definition) is 3. The Labute approximate surface area is 307 Å². The zero-order valence-corrected chi connectivity index (χ0v) is 33.7. The quantitative estimate of drug-likeness (QED) is 0.152. The van der Waals surface area contributed by atoms with Gasteiger partial charge in [0.2, 0.25) is 5.91 Å². The Balaban J connectivity index is 1.45. The van der Waals surface area contributed by atoms with Gasteiger partial charge in [0, 0.05) is 5.41 Å². The van der Waals surface area contributed by atoms with Gasteiger partial charge in [-0.15, -0.1) is 0 Å². The number of hydrogen-bond acceptors (Lipinski definition) is 5. The average molecular weight is 712 g/mol. The van der Waals surface area contributed by atoms with E-state index in [-0.39, 0.29) is 63.3 Å². The summed E-state index contributed by atoms with van der Waals surface area (Å²) in [6.07, 6.45) is 9.34. The molecule has 11 atom stereocenters. The lowest BCUT2D eigenvalue weighted by molar-refractivity contribution is -0.281. The second-order valence-electron chi connectivity index (χ2n) is 20.6. The molecule has 5 aliphatic rings. The molecule has 0 aliphatic heterocycles. The van der Waals surface area contributed by atoms with Gasteiger partial charge in [-0.3, -0.25) is 14.4 Å². The van der Waals surface area contributed by atoms with E-state index in [2.05, 4.69) is 60.4 Å². The van der Waals surface area contributed by atoms with E-state index in [1.54, 1.807) is 13.8 Å². The van der Waals surface area contributed by atoms with E-state index in [1.807, 2.05) is 13.8 Å². The SMILES string of the molecule is C=C(C)[C@@H]1CC[C@]2(C(=O)NC(CC(C)C)C(=O)O)CC[C@]3(C)[C@H](CCC4[C@@]5(C)CC[C@H](OC(=O)CC(C)(C)C(=O)O)C(C)(C)[C@]5(C)CC[C@]43C)[C@@H]12. The number of nitrogens with one attached hydrogen (secondary N) is 1. The highest BCUT2D eigenvalue weighted by Gasteiger charge is 2.74. The fourth-order valence-corrected chi connectivity index (χ4v) is 13.5. The molecule has 3 N–H and O–H groups in total. The normalized spacial score (nSPS) is 42.0. The molecule has 0 heterocycles. The van der Waals surface area contributed by atoms with Gasteiger partial charge in [-0.2, -0.15) is 0 Å². The van der Waals surface area contributed by atoms with Gasteiger partial charge in [0.25, 0.3) is 0 Å². The number of carbonyl (C=O) groups is 4. The van der Waals surface area contributed by atoms with Gasteiger partial charge in [-0.25, -0.2) is 4.79 Å². The third-order valence-corrected chi connectivity index (χ3v) is 17.3. The molecule has 0 aromatic carbocycles. The maximum absolute atomic E-state index is 14.5. The van der Waals surface area contributed by atoms with Crippen molar-refractivity contribution in [2.75, 3.05) is 0 Å². The highest BCUT2D eigenvalue weighted by Crippen LogP contribution is 2.80. The molecule has 0 radical (unpaired) electrons. The zero-order valence-electron chi connectivity index (χ0n) is 33.7. The summed E-state index contributed by atoms with van der Waals surface area (Å²) in [5.74, 6) is -1.10. The first-order valence-corrected chi connectivity index (χ1v) is 20.0. The molecule has 51 heavy (non-hydrogen) atoms. The summed E-state index contributed by atoms with van der Waals surface area (Å²) in [6.45, 7) is 28.3. The van der Waals surface area contributed by atoms with Gasteiger partial charge in [-0.05, 0) is 143 Å². The first kappa shape index (κ1) is 39.8. The van der Waals surface area contributed by atoms with Gasteiger partial charge < -0.3 is 20.3 Å². The predicted octanol–water partition coefficient (Wildman–Crippen LogP) is 9.06. The number of fused-ring (bicyclic) bond motifs is 7. The molecule has 2 unspecified atom stereocenters. The molecule has 288 valence electrons. The summed E-state index contributed by atoms with van der Waals surface area (Å²) < 4.78 is 6.21. The first-order valence-electron chi connectivity index (χ1n) is 20.0. The van der Waals surface area contributed by atoms with Gasteiger partial charge >= 0.3 is 17.9 Å². The summed E-state index contributed by atoms with van der Waals surface area (Å²) in [4.78, 5) is 51.7. The molecule has 5 saturated carbocycles. The summed E-state index contributed by atoms with van der Waals surface area (Å²) in [7, 11) is 0. The van der Waals surface area contributed by atoms with Crippen molar-refractivity contribution in [1.82, 2.24) is 5.32 Å². The molecule has 0 aromatic rings. The number of carboxylic acid groups (broad SMARTS) is 2. The molecule has 8 heteroatoms. The van der Waals surface area contributed by atoms with Crippen molar-refractivity contribution in [2.24, 2.45) is 67.5 Å². The van der Waals surface area contributed by atoms with Crippen LogP contribution in [0.4, 0.5) is 0 Å². The Hall–Kier alpha value is -2.38. The van der Waals surface area contributed by atoms with Crippen molar-refractivity contribution in [3.8, 4) is 0 Å². The molecule has 0 aromatic heterocycles. The fourth-order valence-electron chi connectivity index (χ4n) is 13.5. The lowest BCUT2D eigenvalue weighted by Gasteiger charge is -2.75. The summed E-state index contributed by atoms with van der Waals surface area (Å²) >= 11 is 0. The minimum Gasteiger partial charge on any atom is -0.481 e. The number of esters is 1. The van der Waals surface area contributed by atoms with Crippen LogP contribution in [0.5, 0.6) is 0 Å². The Morgan fingerprint density at radius 2 is 1.47 bits per heavy atom. The highest BCUT2D eigenvalue weighted by molar-refractivity contribution is 5.88. The molecule has 5 aliphatic carbocycles. The second kappa shape index (κ2) is 12.9. The second-order valence-corrected chi connectivity index (χ2v) is 20.6. The number of rotatable bonds is 10. The zero-order chi connectivity index (χ0) is 38.3. The van der Waals surface area contributed by atoms with Crippen LogP contribution in [0.15, 0.2) is 12.2 Å². The largest absolute Gasteiger partial charge is 0.481 e. The van der Waals surface area contributed by atoms with E-state index in [4.69, 9.17) is 4.74 Å². The molecular weight excluding hydrogens is 642 g/mol. The van der Waals surface area contributed by atoms with Gasteiger partial charge in [-0.1, -0.05) is 67.5 Å². The summed E-state index contributed by atoms with van der Waals surface area (Å²) in [5, 5.41) is 22.8. The predicted molar refractivity (Wildman–Crippen MR) is 199 cm³/mol. The maximum Gasteiger partial charge on any atom is 0.326 e. The van der Waals surface area contributed by atoms with Crippen molar-refractivity contribution in [3.63, 3.8) is 0 Å². The molecule has 0 bridgehead atoms. The Morgan fingerprint density at radius 1 is 0.843 bits per heavy atom. The molecule has 1 amide bonds. The van der Waals surface area contributed by atoms with Crippen molar-refractivity contribution >= 4 is 23.8 Å². The number of ether oxygens (including phenoxy) is 1. The van der Waals surface area contributed by atoms with Crippen molar-refractivity contribution in [1.29, 1.82) is 0 Å². The van der Waals surface area contributed by atoms with Crippen LogP contribution in [0.1, 0.15) is 153 Å². The van der Waals surface area contributed by atoms with Crippen LogP contribution in [-0.4, -0.2) is 46.2 Å². The van der Waals surface area contributed by atoms with E-state index < -0.39 is 34.8 Å². The van der Waals surface area contributed by atoms with Crippen LogP contribution in [0, 0.1) is 67.5 Å². The Bertz CT molecular complexity index is 1450. The van der Waals surface area contributed by atoms with E-state index in [1.165, 1.54) is 0 Å². The average Bonchev–Trinajstić information content (AvgIpc) is 3.41. The first-order chi connectivity index (χ1) is 23.3. The van der Waals surface area contributed by atoms with Crippen molar-refractivity contribution in [3.05, 3.63) is 12.2 Å². The third kappa shape index (κ3) is 5.81. The number of aliphatic carboxylic acids is 2. The lowest BCUT2D eigenvalue weighted by atomic mass is 9.29. The number of carbonyl (C=O) groups excluding carboxylic acids is 2. The molecule has 0 saturated heterocycles. The van der Waals surface area contributed by atoms with Crippen LogP contribution < -0.4 is 5.32 Å². The molecular formula is C43H69NO7. The lowest BCUT2D eigenvalue weighted by Crippen LogP contribution is -2.70. The standard InChI is InChI=1S/C43H69NO7/c1-25(2)23-29(34(46)47)44-35(48)43-18-15-27(26(3)4)33(43)28-13-14-30-40(10,39(28,9)20-22-43)19-21-42(12)38(7,8)31(16-17-41(30,42)11)51-32(45)24-37(5,6)36(49)50/h25,27-31,33H,3,13-24H2,1-2,4-12H3,(H,44,48)(H,46,47)(H,49,50)/t27-,28+,29?,30?,31-,33+,39+,40+,41+,42-,43-/m0/s1. The van der Waals surface area contributed by atoms with E-state index >= 15 is 0 Å². The third-order valence-electron chi connectivity index (χ3n) is 17.3. The molecule has 5 rings (SSSR count). The maximum atomic E-state index is 14.5. The van der Waals surface area contributed by atoms with Crippen LogP contribution in [0.3, 0.4) is 0 Å². The molecule has 8 nitrogen and oxygen atoms in total. The van der Waals surface area contributed by atoms with Crippen molar-refractivity contribution in [2.45, 2.75) is 165 Å². The monoisotopic (exact) mass is 712 g/mol. The van der Waals surface area contributed by atoms with Crippen LogP contribution in [-0.2, 0) is 23.9 Å². The minimum atomic E-state index is -1.18. The smallest absolute Gasteiger partial charge is 0.326 e. The topological polar surface area (TPSA) is 130 Å². The highest BCUT2D eigenvalue weighted by atomic mass is 16.5. The van der Waals surface area contributed by atoms with Gasteiger partial charge in [0.1, 0.15) is 12.1 Å². The van der Waals surface area contributed by atoms with Gasteiger partial charge in [0.15, 0.2) is 0 Å². The Kier molecular flexibility index (Phi) is 10.1. The van der Waals surface area contributed by atoms with Crippen LogP contribution in [0.25, 0.3) is 0 Å². The number of allylic oxidation sites excluding steroid dienone is 1. The minimum absolute atomic E-state index is 0.00161. The van der Waals surface area contributed by atoms with E-state index in [0.717, 1.165) is 69.8 Å². The van der Waals surface area contributed by atoms with Crippen LogP contribution >= 0.6 is 0 Å². The fraction of sp³-hybridized carbons (Fsp3) is 0.860. The number of carboxylic acids is 2. The molecule has 5 fully saturated rings. The van der Waals surface area contributed by atoms with Crippen LogP contribution in [0.2, 0.25) is 0 Å². The molecule has 0 spiro atoms. The van der Waals surface area contributed by atoms with E-state index in [0.29, 0.717) is 18.3 Å². The summed E-state index contributed by atoms with van der Waals surface area (Å²) in [5.41, 5.74) is -0.971. The summed E-state index contributed by atoms with van der Waals surface area (Å²) in [6, 6.07) is -0.879. The van der Waals surface area contributed by atoms with Gasteiger partial charge in [0.05, 0.1) is 17.3 Å². The number of amides is 1. The van der Waals surface area contributed by atoms with E-state index in [9.17, 15) is 29.4 Å².